The summed E-state index contributed by atoms with van der Waals surface area (Å²) in [7, 11) is 0. The van der Waals surface area contributed by atoms with Gasteiger partial charge in [-0.15, -0.1) is 0 Å². The lowest BCUT2D eigenvalue weighted by Crippen LogP contribution is -2.35. The molecular weight excluding hydrogens is 158 g/mol. The first kappa shape index (κ1) is 9.36. The quantitative estimate of drug-likeness (QED) is 0.672. The van der Waals surface area contributed by atoms with E-state index in [9.17, 15) is 0 Å². The minimum Gasteiger partial charge on any atom is -0.396 e. The number of hydrogen-bond donors (Lipinski definition) is 2. The van der Waals surface area contributed by atoms with Gasteiger partial charge in [-0.1, -0.05) is 12.8 Å². The molecule has 0 amide bonds. The molecule has 1 aliphatic rings. The zero-order valence-corrected chi connectivity index (χ0v) is 7.65. The maximum atomic E-state index is 8.62. The normalized spacial score (nSPS) is 32.2. The molecule has 11 heavy (non-hydrogen) atoms. The van der Waals surface area contributed by atoms with E-state index in [1.807, 2.05) is 11.8 Å². The highest BCUT2D eigenvalue weighted by Crippen LogP contribution is 2.26. The molecular formula is C8H17NOS. The van der Waals surface area contributed by atoms with Crippen molar-refractivity contribution in [3.8, 4) is 0 Å². The fourth-order valence-electron chi connectivity index (χ4n) is 1.54. The standard InChI is InChI=1S/C8H17NOS/c9-7-3-1-2-4-8(7)11-6-5-10/h7-8,10H,1-6,9H2. The van der Waals surface area contributed by atoms with Crippen molar-refractivity contribution in [1.82, 2.24) is 0 Å². The summed E-state index contributed by atoms with van der Waals surface area (Å²) in [5.74, 6) is 0.846. The molecule has 0 aromatic carbocycles. The van der Waals surface area contributed by atoms with Crippen LogP contribution in [-0.2, 0) is 0 Å². The Morgan fingerprint density at radius 2 is 2.09 bits per heavy atom. The van der Waals surface area contributed by atoms with Crippen LogP contribution in [0.2, 0.25) is 0 Å². The van der Waals surface area contributed by atoms with Crippen LogP contribution < -0.4 is 5.73 Å². The number of aliphatic hydroxyl groups is 1. The molecule has 0 bridgehead atoms. The summed E-state index contributed by atoms with van der Waals surface area (Å²) in [6.45, 7) is 0.286. The summed E-state index contributed by atoms with van der Waals surface area (Å²) in [6, 6.07) is 0.375. The highest BCUT2D eigenvalue weighted by Gasteiger charge is 2.21. The lowest BCUT2D eigenvalue weighted by atomic mass is 9.96. The Hall–Kier alpha value is 0.270. The van der Waals surface area contributed by atoms with Gasteiger partial charge in [0.05, 0.1) is 6.61 Å². The molecule has 3 heteroatoms. The number of hydrogen-bond acceptors (Lipinski definition) is 3. The molecule has 0 radical (unpaired) electrons. The molecule has 1 rings (SSSR count). The third-order valence-electron chi connectivity index (χ3n) is 2.18. The summed E-state index contributed by atoms with van der Waals surface area (Å²) in [5.41, 5.74) is 5.92. The van der Waals surface area contributed by atoms with E-state index in [0.717, 1.165) is 5.75 Å². The molecule has 1 saturated carbocycles. The number of aliphatic hydroxyl groups excluding tert-OH is 1. The van der Waals surface area contributed by atoms with Gasteiger partial charge in [-0.25, -0.2) is 0 Å². The van der Waals surface area contributed by atoms with Crippen molar-refractivity contribution in [3.05, 3.63) is 0 Å². The van der Waals surface area contributed by atoms with E-state index in [2.05, 4.69) is 0 Å². The second kappa shape index (κ2) is 5.01. The van der Waals surface area contributed by atoms with Gasteiger partial charge in [0.1, 0.15) is 0 Å². The summed E-state index contributed by atoms with van der Waals surface area (Å²) in [4.78, 5) is 0. The van der Waals surface area contributed by atoms with Gasteiger partial charge in [-0.3, -0.25) is 0 Å². The van der Waals surface area contributed by atoms with E-state index in [1.54, 1.807) is 0 Å². The average molecular weight is 175 g/mol. The monoisotopic (exact) mass is 175 g/mol. The maximum Gasteiger partial charge on any atom is 0.0521 e. The van der Waals surface area contributed by atoms with E-state index in [1.165, 1.54) is 25.7 Å². The predicted octanol–water partition coefficient (Wildman–Crippen LogP) is 0.982. The van der Waals surface area contributed by atoms with Crippen molar-refractivity contribution in [1.29, 1.82) is 0 Å². The fraction of sp³-hybridized carbons (Fsp3) is 1.00. The summed E-state index contributed by atoms with van der Waals surface area (Å²) >= 11 is 1.83. The van der Waals surface area contributed by atoms with Crippen LogP contribution in [0, 0.1) is 0 Å². The predicted molar refractivity (Wildman–Crippen MR) is 49.8 cm³/mol. The summed E-state index contributed by atoms with van der Waals surface area (Å²) in [5, 5.41) is 9.23. The highest BCUT2D eigenvalue weighted by atomic mass is 32.2. The van der Waals surface area contributed by atoms with E-state index >= 15 is 0 Å². The third-order valence-corrected chi connectivity index (χ3v) is 3.61. The number of nitrogens with two attached hydrogens (primary N) is 1. The molecule has 0 spiro atoms. The molecule has 2 nitrogen and oxygen atoms in total. The topological polar surface area (TPSA) is 46.2 Å². The Morgan fingerprint density at radius 3 is 2.73 bits per heavy atom. The molecule has 0 aromatic heterocycles. The van der Waals surface area contributed by atoms with Gasteiger partial charge < -0.3 is 10.8 Å². The first-order valence-electron chi connectivity index (χ1n) is 4.32. The number of rotatable bonds is 3. The molecule has 1 aliphatic carbocycles. The van der Waals surface area contributed by atoms with Crippen molar-refractivity contribution in [2.24, 2.45) is 5.73 Å². The van der Waals surface area contributed by atoms with Crippen molar-refractivity contribution in [2.75, 3.05) is 12.4 Å². The zero-order chi connectivity index (χ0) is 8.10. The Kier molecular flexibility index (Phi) is 4.26. The Labute approximate surface area is 72.5 Å². The minimum atomic E-state index is 0.286. The van der Waals surface area contributed by atoms with Crippen molar-refractivity contribution in [3.63, 3.8) is 0 Å². The second-order valence-corrected chi connectivity index (χ2v) is 4.43. The SMILES string of the molecule is NC1CCCCC1SCCO. The Bertz CT molecular complexity index is 110. The van der Waals surface area contributed by atoms with Crippen molar-refractivity contribution in [2.45, 2.75) is 37.0 Å². The van der Waals surface area contributed by atoms with Crippen LogP contribution in [0.3, 0.4) is 0 Å². The lowest BCUT2D eigenvalue weighted by Gasteiger charge is -2.27. The largest absolute Gasteiger partial charge is 0.396 e. The van der Waals surface area contributed by atoms with Crippen LogP contribution in [0.1, 0.15) is 25.7 Å². The maximum absolute atomic E-state index is 8.62. The van der Waals surface area contributed by atoms with Crippen molar-refractivity contribution >= 4 is 11.8 Å². The van der Waals surface area contributed by atoms with Gasteiger partial charge in [0, 0.05) is 17.0 Å². The Morgan fingerprint density at radius 1 is 1.36 bits per heavy atom. The van der Waals surface area contributed by atoms with Crippen LogP contribution >= 0.6 is 11.8 Å². The molecule has 1 fully saturated rings. The lowest BCUT2D eigenvalue weighted by molar-refractivity contribution is 0.322. The van der Waals surface area contributed by atoms with Gasteiger partial charge in [0.25, 0.3) is 0 Å². The van der Waals surface area contributed by atoms with Crippen LogP contribution in [0.5, 0.6) is 0 Å². The smallest absolute Gasteiger partial charge is 0.0521 e. The van der Waals surface area contributed by atoms with Gasteiger partial charge in [-0.05, 0) is 12.8 Å². The van der Waals surface area contributed by atoms with E-state index < -0.39 is 0 Å². The third kappa shape index (κ3) is 3.01. The molecule has 0 heterocycles. The summed E-state index contributed by atoms with van der Waals surface area (Å²) < 4.78 is 0. The second-order valence-electron chi connectivity index (χ2n) is 3.08. The van der Waals surface area contributed by atoms with Crippen LogP contribution in [0.4, 0.5) is 0 Å². The van der Waals surface area contributed by atoms with Gasteiger partial charge in [0.2, 0.25) is 0 Å². The molecule has 66 valence electrons. The molecule has 2 atom stereocenters. The highest BCUT2D eigenvalue weighted by molar-refractivity contribution is 7.99. The molecule has 0 aromatic rings. The molecule has 3 N–H and O–H groups in total. The first-order valence-corrected chi connectivity index (χ1v) is 5.37. The number of thioether (sulfide) groups is 1. The van der Waals surface area contributed by atoms with Crippen LogP contribution in [0.25, 0.3) is 0 Å². The zero-order valence-electron chi connectivity index (χ0n) is 6.83. The van der Waals surface area contributed by atoms with E-state index in [0.29, 0.717) is 11.3 Å². The van der Waals surface area contributed by atoms with Crippen LogP contribution in [0.15, 0.2) is 0 Å². The van der Waals surface area contributed by atoms with E-state index in [4.69, 9.17) is 10.8 Å². The van der Waals surface area contributed by atoms with Crippen LogP contribution in [-0.4, -0.2) is 28.8 Å². The van der Waals surface area contributed by atoms with Crippen molar-refractivity contribution < 1.29 is 5.11 Å². The molecule has 0 saturated heterocycles. The van der Waals surface area contributed by atoms with Gasteiger partial charge in [0.15, 0.2) is 0 Å². The average Bonchev–Trinajstić information content (AvgIpc) is 2.03. The molecule has 2 unspecified atom stereocenters. The van der Waals surface area contributed by atoms with Gasteiger partial charge in [-0.2, -0.15) is 11.8 Å². The fourth-order valence-corrected chi connectivity index (χ4v) is 2.66. The van der Waals surface area contributed by atoms with Gasteiger partial charge >= 0.3 is 0 Å². The minimum absolute atomic E-state index is 0.286. The molecule has 0 aliphatic heterocycles. The summed E-state index contributed by atoms with van der Waals surface area (Å²) in [6.07, 6.45) is 5.02. The van der Waals surface area contributed by atoms with E-state index in [-0.39, 0.29) is 6.61 Å². The first-order chi connectivity index (χ1) is 5.34. The Balaban J connectivity index is 2.18.